The van der Waals surface area contributed by atoms with Crippen molar-refractivity contribution in [3.8, 4) is 11.3 Å². The summed E-state index contributed by atoms with van der Waals surface area (Å²) in [5.41, 5.74) is 2.07. The summed E-state index contributed by atoms with van der Waals surface area (Å²) in [6.45, 7) is 0. The standard InChI is InChI=1S/C15H11NS/c17-14-8-4-3-7-13(14)15-12-6-2-1-5-11(12)9-10-16-15/h1-10,17H. The number of rotatable bonds is 1. The van der Waals surface area contributed by atoms with E-state index >= 15 is 0 Å². The predicted octanol–water partition coefficient (Wildman–Crippen LogP) is 4.19. The lowest BCUT2D eigenvalue weighted by Crippen LogP contribution is -1.86. The van der Waals surface area contributed by atoms with E-state index in [9.17, 15) is 0 Å². The van der Waals surface area contributed by atoms with Crippen LogP contribution in [-0.2, 0) is 0 Å². The Morgan fingerprint density at radius 2 is 1.59 bits per heavy atom. The molecule has 0 unspecified atom stereocenters. The number of hydrogen-bond donors (Lipinski definition) is 1. The maximum Gasteiger partial charge on any atom is 0.0791 e. The van der Waals surface area contributed by atoms with Crippen LogP contribution in [0, 0.1) is 0 Å². The first kappa shape index (κ1) is 10.4. The summed E-state index contributed by atoms with van der Waals surface area (Å²) < 4.78 is 0. The normalized spacial score (nSPS) is 10.6. The van der Waals surface area contributed by atoms with Crippen molar-refractivity contribution < 1.29 is 0 Å². The molecule has 0 aliphatic heterocycles. The van der Waals surface area contributed by atoms with E-state index < -0.39 is 0 Å². The Balaban J connectivity index is 2.35. The summed E-state index contributed by atoms with van der Waals surface area (Å²) >= 11 is 4.49. The number of fused-ring (bicyclic) bond motifs is 1. The molecule has 3 aromatic rings. The third-order valence-corrected chi connectivity index (χ3v) is 3.22. The summed E-state index contributed by atoms with van der Waals surface area (Å²) in [4.78, 5) is 5.44. The molecular weight excluding hydrogens is 226 g/mol. The number of aromatic nitrogens is 1. The monoisotopic (exact) mass is 237 g/mol. The second-order valence-electron chi connectivity index (χ2n) is 3.90. The quantitative estimate of drug-likeness (QED) is 0.626. The smallest absolute Gasteiger partial charge is 0.0791 e. The Morgan fingerprint density at radius 3 is 2.47 bits per heavy atom. The first-order valence-corrected chi connectivity index (χ1v) is 5.93. The van der Waals surface area contributed by atoms with Gasteiger partial charge in [0, 0.05) is 22.0 Å². The van der Waals surface area contributed by atoms with E-state index in [2.05, 4.69) is 35.8 Å². The SMILES string of the molecule is Sc1ccccc1-c1nccc2ccccc12. The van der Waals surface area contributed by atoms with Crippen LogP contribution >= 0.6 is 12.6 Å². The molecule has 3 rings (SSSR count). The van der Waals surface area contributed by atoms with Gasteiger partial charge in [-0.15, -0.1) is 12.6 Å². The van der Waals surface area contributed by atoms with Crippen LogP contribution in [-0.4, -0.2) is 4.98 Å². The number of hydrogen-bond acceptors (Lipinski definition) is 2. The molecular formula is C15H11NS. The van der Waals surface area contributed by atoms with E-state index in [1.807, 2.05) is 42.6 Å². The fraction of sp³-hybridized carbons (Fsp3) is 0. The van der Waals surface area contributed by atoms with Gasteiger partial charge in [-0.3, -0.25) is 4.98 Å². The zero-order valence-corrected chi connectivity index (χ0v) is 10.1. The third-order valence-electron chi connectivity index (χ3n) is 2.83. The molecule has 0 aliphatic rings. The summed E-state index contributed by atoms with van der Waals surface area (Å²) in [6.07, 6.45) is 1.85. The molecule has 0 N–H and O–H groups in total. The lowest BCUT2D eigenvalue weighted by molar-refractivity contribution is 1.32. The lowest BCUT2D eigenvalue weighted by atomic mass is 10.0. The molecule has 2 aromatic carbocycles. The van der Waals surface area contributed by atoms with E-state index in [4.69, 9.17) is 0 Å². The van der Waals surface area contributed by atoms with Crippen molar-refractivity contribution in [2.75, 3.05) is 0 Å². The number of nitrogens with zero attached hydrogens (tertiary/aromatic N) is 1. The van der Waals surface area contributed by atoms with Gasteiger partial charge in [0.05, 0.1) is 5.69 Å². The Morgan fingerprint density at radius 1 is 0.824 bits per heavy atom. The molecule has 0 amide bonds. The molecule has 1 heterocycles. The Hall–Kier alpha value is -1.80. The van der Waals surface area contributed by atoms with Crippen molar-refractivity contribution in [1.29, 1.82) is 0 Å². The van der Waals surface area contributed by atoms with Crippen LogP contribution in [0.15, 0.2) is 65.7 Å². The van der Waals surface area contributed by atoms with Crippen LogP contribution in [0.1, 0.15) is 0 Å². The average molecular weight is 237 g/mol. The van der Waals surface area contributed by atoms with Gasteiger partial charge in [-0.25, -0.2) is 0 Å². The highest BCUT2D eigenvalue weighted by atomic mass is 32.1. The highest BCUT2D eigenvalue weighted by Crippen LogP contribution is 2.30. The minimum Gasteiger partial charge on any atom is -0.256 e. The van der Waals surface area contributed by atoms with Gasteiger partial charge >= 0.3 is 0 Å². The molecule has 0 atom stereocenters. The van der Waals surface area contributed by atoms with Gasteiger partial charge in [0.15, 0.2) is 0 Å². The highest BCUT2D eigenvalue weighted by molar-refractivity contribution is 7.80. The second-order valence-corrected chi connectivity index (χ2v) is 4.38. The minimum absolute atomic E-state index is 0.955. The van der Waals surface area contributed by atoms with Gasteiger partial charge in [0.2, 0.25) is 0 Å². The van der Waals surface area contributed by atoms with Crippen molar-refractivity contribution in [3.05, 3.63) is 60.8 Å². The van der Waals surface area contributed by atoms with Gasteiger partial charge in [-0.2, -0.15) is 0 Å². The van der Waals surface area contributed by atoms with E-state index in [0.717, 1.165) is 21.5 Å². The summed E-state index contributed by atoms with van der Waals surface area (Å²) in [7, 11) is 0. The Labute approximate surface area is 106 Å². The fourth-order valence-electron chi connectivity index (χ4n) is 2.01. The third kappa shape index (κ3) is 1.81. The minimum atomic E-state index is 0.955. The molecule has 0 radical (unpaired) electrons. The maximum atomic E-state index is 4.49. The van der Waals surface area contributed by atoms with E-state index in [1.165, 1.54) is 5.39 Å². The zero-order chi connectivity index (χ0) is 11.7. The molecule has 1 aromatic heterocycles. The van der Waals surface area contributed by atoms with Crippen LogP contribution in [0.5, 0.6) is 0 Å². The number of pyridine rings is 1. The molecule has 0 aliphatic carbocycles. The van der Waals surface area contributed by atoms with Crippen molar-refractivity contribution in [1.82, 2.24) is 4.98 Å². The molecule has 0 saturated carbocycles. The first-order valence-electron chi connectivity index (χ1n) is 5.48. The van der Waals surface area contributed by atoms with Crippen LogP contribution in [0.3, 0.4) is 0 Å². The molecule has 0 bridgehead atoms. The van der Waals surface area contributed by atoms with Crippen molar-refractivity contribution in [2.45, 2.75) is 4.90 Å². The maximum absolute atomic E-state index is 4.49. The van der Waals surface area contributed by atoms with Crippen LogP contribution in [0.2, 0.25) is 0 Å². The largest absolute Gasteiger partial charge is 0.256 e. The molecule has 0 spiro atoms. The number of benzene rings is 2. The highest BCUT2D eigenvalue weighted by Gasteiger charge is 2.06. The van der Waals surface area contributed by atoms with Gasteiger partial charge in [0.25, 0.3) is 0 Å². The van der Waals surface area contributed by atoms with Gasteiger partial charge in [-0.1, -0.05) is 42.5 Å². The second kappa shape index (κ2) is 4.22. The van der Waals surface area contributed by atoms with E-state index in [-0.39, 0.29) is 0 Å². The predicted molar refractivity (Wildman–Crippen MR) is 74.4 cm³/mol. The van der Waals surface area contributed by atoms with Crippen molar-refractivity contribution in [3.63, 3.8) is 0 Å². The van der Waals surface area contributed by atoms with Crippen molar-refractivity contribution >= 4 is 23.4 Å². The summed E-state index contributed by atoms with van der Waals surface area (Å²) in [6, 6.07) is 18.3. The van der Waals surface area contributed by atoms with Gasteiger partial charge in [0.1, 0.15) is 0 Å². The van der Waals surface area contributed by atoms with Crippen molar-refractivity contribution in [2.24, 2.45) is 0 Å². The molecule has 82 valence electrons. The zero-order valence-electron chi connectivity index (χ0n) is 9.17. The van der Waals surface area contributed by atoms with Crippen LogP contribution in [0.4, 0.5) is 0 Å². The topological polar surface area (TPSA) is 12.9 Å². The Bertz CT molecular complexity index is 671. The molecule has 0 fully saturated rings. The van der Waals surface area contributed by atoms with E-state index in [1.54, 1.807) is 0 Å². The summed E-state index contributed by atoms with van der Waals surface area (Å²) in [5, 5.41) is 2.37. The van der Waals surface area contributed by atoms with E-state index in [0.29, 0.717) is 0 Å². The molecule has 2 heteroatoms. The number of thiol groups is 1. The fourth-order valence-corrected chi connectivity index (χ4v) is 2.27. The van der Waals surface area contributed by atoms with Crippen LogP contribution < -0.4 is 0 Å². The van der Waals surface area contributed by atoms with Crippen LogP contribution in [0.25, 0.3) is 22.0 Å². The average Bonchev–Trinajstić information content (AvgIpc) is 2.39. The Kier molecular flexibility index (Phi) is 2.57. The molecule has 0 saturated heterocycles. The van der Waals surface area contributed by atoms with Gasteiger partial charge in [-0.05, 0) is 17.5 Å². The lowest BCUT2D eigenvalue weighted by Gasteiger charge is -2.07. The molecule has 17 heavy (non-hydrogen) atoms. The molecule has 1 nitrogen and oxygen atoms in total. The first-order chi connectivity index (χ1) is 8.36. The summed E-state index contributed by atoms with van der Waals surface area (Å²) in [5.74, 6) is 0. The van der Waals surface area contributed by atoms with Gasteiger partial charge < -0.3 is 0 Å².